The second-order valence-electron chi connectivity index (χ2n) is 6.80. The summed E-state index contributed by atoms with van der Waals surface area (Å²) >= 11 is 0. The van der Waals surface area contributed by atoms with Crippen LogP contribution in [0.25, 0.3) is 0 Å². The molecule has 0 unspecified atom stereocenters. The Kier molecular flexibility index (Phi) is 4.66. The predicted octanol–water partition coefficient (Wildman–Crippen LogP) is 0.855. The first-order valence-corrected chi connectivity index (χ1v) is 8.13. The van der Waals surface area contributed by atoms with E-state index in [2.05, 4.69) is 20.9 Å². The zero-order valence-electron chi connectivity index (χ0n) is 13.9. The number of hydrogen-bond donors (Lipinski definition) is 1. The zero-order chi connectivity index (χ0) is 16.4. The predicted molar refractivity (Wildman–Crippen MR) is 86.1 cm³/mol. The Morgan fingerprint density at radius 1 is 1.43 bits per heavy atom. The second-order valence-corrected chi connectivity index (χ2v) is 6.80. The van der Waals surface area contributed by atoms with E-state index in [1.807, 2.05) is 13.0 Å². The number of nitrogens with zero attached hydrogens (tertiary/aromatic N) is 3. The molecule has 2 aliphatic heterocycles. The lowest BCUT2D eigenvalue weighted by atomic mass is 9.81. The van der Waals surface area contributed by atoms with Crippen LogP contribution in [0.2, 0.25) is 0 Å². The number of methoxy groups -OCH3 is 1. The van der Waals surface area contributed by atoms with Crippen LogP contribution in [0.1, 0.15) is 11.3 Å². The molecule has 1 aromatic heterocycles. The number of hydrogen-bond acceptors (Lipinski definition) is 5. The summed E-state index contributed by atoms with van der Waals surface area (Å²) in [6.07, 6.45) is 1.80. The van der Waals surface area contributed by atoms with Crippen LogP contribution >= 0.6 is 0 Å². The van der Waals surface area contributed by atoms with Crippen molar-refractivity contribution in [1.29, 1.82) is 0 Å². The number of fused-ring (bicyclic) bond motifs is 1. The number of likely N-dealkylation sites (tertiary alicyclic amines) is 2. The maximum absolute atomic E-state index is 12.0. The Labute approximate surface area is 137 Å². The third kappa shape index (κ3) is 3.11. The van der Waals surface area contributed by atoms with Crippen LogP contribution in [0.4, 0.5) is 0 Å². The van der Waals surface area contributed by atoms with Crippen LogP contribution in [0.15, 0.2) is 18.3 Å². The lowest BCUT2D eigenvalue weighted by Gasteiger charge is -2.25. The van der Waals surface area contributed by atoms with Crippen LogP contribution in [-0.4, -0.2) is 72.3 Å². The van der Waals surface area contributed by atoms with Crippen molar-refractivity contribution in [2.75, 3.05) is 46.4 Å². The Morgan fingerprint density at radius 3 is 2.83 bits per heavy atom. The standard InChI is InChI=1S/C17H25N3O3/c1-13-14(4-3-5-18-13)8-20-10-15-9-19(6-7-23-2)11-17(15,12-20)16(21)22/h3-5,15H,6-12H2,1-2H3,(H,21,22)/t15-,17-/m1/s1. The van der Waals surface area contributed by atoms with Crippen molar-refractivity contribution in [3.8, 4) is 0 Å². The van der Waals surface area contributed by atoms with Crippen molar-refractivity contribution in [2.45, 2.75) is 13.5 Å². The lowest BCUT2D eigenvalue weighted by Crippen LogP contribution is -2.41. The number of aryl methyl sites for hydroxylation is 1. The number of rotatable bonds is 6. The summed E-state index contributed by atoms with van der Waals surface area (Å²) in [6.45, 7) is 7.17. The Bertz CT molecular complexity index is 580. The molecule has 2 fully saturated rings. The van der Waals surface area contributed by atoms with Crippen LogP contribution in [0.5, 0.6) is 0 Å². The van der Waals surface area contributed by atoms with Gasteiger partial charge < -0.3 is 9.84 Å². The quantitative estimate of drug-likeness (QED) is 0.839. The second kappa shape index (κ2) is 6.55. The fourth-order valence-corrected chi connectivity index (χ4v) is 4.01. The third-order valence-electron chi connectivity index (χ3n) is 5.30. The molecule has 0 spiro atoms. The molecule has 6 heteroatoms. The molecule has 3 heterocycles. The summed E-state index contributed by atoms with van der Waals surface area (Å²) in [6, 6.07) is 4.02. The van der Waals surface area contributed by atoms with Gasteiger partial charge in [0.2, 0.25) is 0 Å². The van der Waals surface area contributed by atoms with Gasteiger partial charge >= 0.3 is 5.97 Å². The minimum atomic E-state index is -0.659. The molecular formula is C17H25N3O3. The average molecular weight is 319 g/mol. The van der Waals surface area contributed by atoms with Gasteiger partial charge in [0.25, 0.3) is 0 Å². The highest BCUT2D eigenvalue weighted by Crippen LogP contribution is 2.43. The Morgan fingerprint density at radius 2 is 2.17 bits per heavy atom. The molecule has 0 saturated carbocycles. The minimum Gasteiger partial charge on any atom is -0.481 e. The van der Waals surface area contributed by atoms with Gasteiger partial charge in [-0.2, -0.15) is 0 Å². The number of ether oxygens (including phenoxy) is 1. The summed E-state index contributed by atoms with van der Waals surface area (Å²) in [7, 11) is 1.68. The number of pyridine rings is 1. The molecule has 2 saturated heterocycles. The number of aliphatic carboxylic acids is 1. The van der Waals surface area contributed by atoms with E-state index in [1.165, 1.54) is 5.56 Å². The van der Waals surface area contributed by atoms with Gasteiger partial charge in [0.1, 0.15) is 0 Å². The molecule has 3 rings (SSSR count). The van der Waals surface area contributed by atoms with Gasteiger partial charge in [-0.3, -0.25) is 19.6 Å². The summed E-state index contributed by atoms with van der Waals surface area (Å²) in [5.74, 6) is -0.471. The van der Waals surface area contributed by atoms with Crippen molar-refractivity contribution in [2.24, 2.45) is 11.3 Å². The largest absolute Gasteiger partial charge is 0.481 e. The summed E-state index contributed by atoms with van der Waals surface area (Å²) in [5, 5.41) is 9.86. The van der Waals surface area contributed by atoms with E-state index in [-0.39, 0.29) is 5.92 Å². The number of carbonyl (C=O) groups is 1. The summed E-state index contributed by atoms with van der Waals surface area (Å²) < 4.78 is 5.13. The Balaban J connectivity index is 1.69. The fraction of sp³-hybridized carbons (Fsp3) is 0.647. The SMILES string of the molecule is COCCN1C[C@@H]2CN(Cc3cccnc3C)C[C@]2(C(=O)O)C1. The van der Waals surface area contributed by atoms with Crippen molar-refractivity contribution < 1.29 is 14.6 Å². The van der Waals surface area contributed by atoms with E-state index in [0.717, 1.165) is 31.9 Å². The van der Waals surface area contributed by atoms with Crippen molar-refractivity contribution in [1.82, 2.24) is 14.8 Å². The van der Waals surface area contributed by atoms with Gasteiger partial charge in [-0.05, 0) is 18.6 Å². The molecule has 1 N–H and O–H groups in total. The maximum atomic E-state index is 12.0. The molecule has 126 valence electrons. The van der Waals surface area contributed by atoms with Crippen molar-refractivity contribution in [3.05, 3.63) is 29.6 Å². The monoisotopic (exact) mass is 319 g/mol. The van der Waals surface area contributed by atoms with E-state index in [1.54, 1.807) is 13.3 Å². The van der Waals surface area contributed by atoms with E-state index < -0.39 is 11.4 Å². The third-order valence-corrected chi connectivity index (χ3v) is 5.30. The van der Waals surface area contributed by atoms with Crippen LogP contribution in [-0.2, 0) is 16.1 Å². The van der Waals surface area contributed by atoms with Gasteiger partial charge in [0.15, 0.2) is 0 Å². The van der Waals surface area contributed by atoms with Crippen molar-refractivity contribution >= 4 is 5.97 Å². The van der Waals surface area contributed by atoms with Crippen molar-refractivity contribution in [3.63, 3.8) is 0 Å². The Hall–Kier alpha value is -1.50. The van der Waals surface area contributed by atoms with E-state index in [9.17, 15) is 9.90 Å². The normalized spacial score (nSPS) is 28.2. The molecule has 0 aromatic carbocycles. The molecule has 6 nitrogen and oxygen atoms in total. The molecule has 2 aliphatic rings. The molecule has 0 bridgehead atoms. The lowest BCUT2D eigenvalue weighted by molar-refractivity contribution is -0.149. The highest BCUT2D eigenvalue weighted by atomic mass is 16.5. The summed E-state index contributed by atoms with van der Waals surface area (Å²) in [5.41, 5.74) is 1.57. The van der Waals surface area contributed by atoms with Gasteiger partial charge in [-0.25, -0.2) is 0 Å². The molecular weight excluding hydrogens is 294 g/mol. The maximum Gasteiger partial charge on any atom is 0.312 e. The molecule has 0 amide bonds. The van der Waals surface area contributed by atoms with E-state index >= 15 is 0 Å². The van der Waals surface area contributed by atoms with Crippen LogP contribution in [0.3, 0.4) is 0 Å². The first kappa shape index (κ1) is 16.4. The van der Waals surface area contributed by atoms with Crippen LogP contribution in [0, 0.1) is 18.3 Å². The molecule has 0 radical (unpaired) electrons. The molecule has 2 atom stereocenters. The van der Waals surface area contributed by atoms with Gasteiger partial charge in [0, 0.05) is 64.2 Å². The van der Waals surface area contributed by atoms with Gasteiger partial charge in [0.05, 0.1) is 12.0 Å². The topological polar surface area (TPSA) is 65.9 Å². The zero-order valence-corrected chi connectivity index (χ0v) is 13.9. The highest BCUT2D eigenvalue weighted by molar-refractivity contribution is 5.77. The van der Waals surface area contributed by atoms with Crippen LogP contribution < -0.4 is 0 Å². The molecule has 1 aromatic rings. The first-order valence-electron chi connectivity index (χ1n) is 8.13. The minimum absolute atomic E-state index is 0.189. The molecule has 0 aliphatic carbocycles. The smallest absolute Gasteiger partial charge is 0.312 e. The van der Waals surface area contributed by atoms with Gasteiger partial charge in [-0.1, -0.05) is 6.07 Å². The highest BCUT2D eigenvalue weighted by Gasteiger charge is 2.57. The van der Waals surface area contributed by atoms with E-state index in [0.29, 0.717) is 19.7 Å². The average Bonchev–Trinajstić information content (AvgIpc) is 3.02. The fourth-order valence-electron chi connectivity index (χ4n) is 4.01. The summed E-state index contributed by atoms with van der Waals surface area (Å²) in [4.78, 5) is 20.8. The number of aromatic nitrogens is 1. The number of carboxylic acid groups (broad SMARTS) is 1. The van der Waals surface area contributed by atoms with E-state index in [4.69, 9.17) is 4.74 Å². The molecule has 23 heavy (non-hydrogen) atoms. The first-order chi connectivity index (χ1) is 11.0. The number of carboxylic acids is 1. The van der Waals surface area contributed by atoms with Gasteiger partial charge in [-0.15, -0.1) is 0 Å².